The second-order valence-corrected chi connectivity index (χ2v) is 11.9. The molecule has 2 amide bonds. The number of likely N-dealkylation sites (N-methyl/N-ethyl adjacent to an activating group) is 1. The molecule has 0 heterocycles. The van der Waals surface area contributed by atoms with Crippen molar-refractivity contribution in [1.29, 1.82) is 0 Å². The van der Waals surface area contributed by atoms with Gasteiger partial charge in [0.1, 0.15) is 12.6 Å². The van der Waals surface area contributed by atoms with E-state index >= 15 is 0 Å². The number of hydrogen-bond donors (Lipinski definition) is 1. The van der Waals surface area contributed by atoms with Gasteiger partial charge in [-0.2, -0.15) is 0 Å². The van der Waals surface area contributed by atoms with Gasteiger partial charge in [-0.15, -0.1) is 0 Å². The number of rotatable bonds is 12. The maximum atomic E-state index is 14.0. The maximum absolute atomic E-state index is 14.0. The minimum atomic E-state index is -4.29. The highest BCUT2D eigenvalue weighted by Gasteiger charge is 2.33. The Morgan fingerprint density at radius 2 is 1.61 bits per heavy atom. The van der Waals surface area contributed by atoms with Gasteiger partial charge in [0.05, 0.1) is 24.8 Å². The van der Waals surface area contributed by atoms with Crippen LogP contribution in [-0.2, 0) is 26.2 Å². The molecule has 0 bridgehead atoms. The standard InChI is InChI=1S/C29H33Cl2N3O6S/c1-6-32-29(36)20(3)33(17-21-9-10-22(30)15-25(21)31)28(35)18-34(23-11-7-19(2)8-12-23)41(37,38)24-13-14-26(39-4)27(16-24)40-5/h7-16,20H,6,17-18H2,1-5H3,(H,32,36). The van der Waals surface area contributed by atoms with Crippen LogP contribution in [-0.4, -0.2) is 58.5 Å². The molecule has 0 saturated carbocycles. The smallest absolute Gasteiger partial charge is 0.264 e. The molecular formula is C29H33Cl2N3O6S. The number of sulfonamides is 1. The number of ether oxygens (including phenoxy) is 2. The number of nitrogens with zero attached hydrogens (tertiary/aromatic N) is 2. The summed E-state index contributed by atoms with van der Waals surface area (Å²) in [6.45, 7) is 4.93. The number of anilines is 1. The number of aryl methyl sites for hydroxylation is 1. The monoisotopic (exact) mass is 621 g/mol. The summed E-state index contributed by atoms with van der Waals surface area (Å²) in [5.41, 5.74) is 1.73. The number of amides is 2. The van der Waals surface area contributed by atoms with Gasteiger partial charge in [-0.3, -0.25) is 13.9 Å². The van der Waals surface area contributed by atoms with Crippen LogP contribution in [0, 0.1) is 6.92 Å². The summed E-state index contributed by atoms with van der Waals surface area (Å²) in [7, 11) is -1.44. The molecule has 3 aromatic carbocycles. The predicted octanol–water partition coefficient (Wildman–Crippen LogP) is 5.07. The largest absolute Gasteiger partial charge is 0.493 e. The number of nitrogens with one attached hydrogen (secondary N) is 1. The first-order valence-electron chi connectivity index (χ1n) is 12.8. The lowest BCUT2D eigenvalue weighted by atomic mass is 10.1. The first kappa shape index (κ1) is 32.0. The van der Waals surface area contributed by atoms with Crippen LogP contribution in [0.2, 0.25) is 10.0 Å². The van der Waals surface area contributed by atoms with Gasteiger partial charge in [-0.05, 0) is 62.7 Å². The number of halogens is 2. The molecule has 12 heteroatoms. The Bertz CT molecular complexity index is 1500. The number of carbonyl (C=O) groups is 2. The number of benzene rings is 3. The van der Waals surface area contributed by atoms with E-state index in [0.29, 0.717) is 27.9 Å². The Kier molecular flexibility index (Phi) is 10.9. The Balaban J connectivity index is 2.08. The van der Waals surface area contributed by atoms with Crippen LogP contribution in [0.15, 0.2) is 65.6 Å². The van der Waals surface area contributed by atoms with E-state index in [2.05, 4.69) is 5.32 Å². The zero-order chi connectivity index (χ0) is 30.3. The van der Waals surface area contributed by atoms with Crippen LogP contribution < -0.4 is 19.1 Å². The Morgan fingerprint density at radius 3 is 2.20 bits per heavy atom. The summed E-state index contributed by atoms with van der Waals surface area (Å²) in [4.78, 5) is 28.0. The third kappa shape index (κ3) is 7.63. The fourth-order valence-electron chi connectivity index (χ4n) is 4.08. The molecule has 0 aromatic heterocycles. The molecule has 3 aromatic rings. The normalized spacial score (nSPS) is 11.9. The lowest BCUT2D eigenvalue weighted by Crippen LogP contribution is -2.51. The molecule has 0 fully saturated rings. The summed E-state index contributed by atoms with van der Waals surface area (Å²) < 4.78 is 39.7. The van der Waals surface area contributed by atoms with Gasteiger partial charge in [-0.25, -0.2) is 8.42 Å². The van der Waals surface area contributed by atoms with Crippen molar-refractivity contribution in [2.45, 2.75) is 38.3 Å². The molecule has 0 aliphatic heterocycles. The SMILES string of the molecule is CCNC(=O)C(C)N(Cc1ccc(Cl)cc1Cl)C(=O)CN(c1ccc(C)cc1)S(=O)(=O)c1ccc(OC)c(OC)c1. The third-order valence-corrected chi connectivity index (χ3v) is 8.77. The van der Waals surface area contributed by atoms with Gasteiger partial charge in [0.2, 0.25) is 11.8 Å². The first-order chi connectivity index (χ1) is 19.4. The van der Waals surface area contributed by atoms with Crippen molar-refractivity contribution >= 4 is 50.7 Å². The van der Waals surface area contributed by atoms with E-state index in [9.17, 15) is 18.0 Å². The topological polar surface area (TPSA) is 105 Å². The minimum absolute atomic E-state index is 0.0503. The molecule has 1 unspecified atom stereocenters. The zero-order valence-electron chi connectivity index (χ0n) is 23.5. The second kappa shape index (κ2) is 13.9. The lowest BCUT2D eigenvalue weighted by Gasteiger charge is -2.32. The molecule has 1 atom stereocenters. The lowest BCUT2D eigenvalue weighted by molar-refractivity contribution is -0.139. The van der Waals surface area contributed by atoms with Gasteiger partial charge in [0.25, 0.3) is 10.0 Å². The van der Waals surface area contributed by atoms with Gasteiger partial charge < -0.3 is 19.7 Å². The van der Waals surface area contributed by atoms with E-state index in [1.807, 2.05) is 6.92 Å². The highest BCUT2D eigenvalue weighted by molar-refractivity contribution is 7.92. The van der Waals surface area contributed by atoms with Gasteiger partial charge in [0.15, 0.2) is 11.5 Å². The van der Waals surface area contributed by atoms with Crippen LogP contribution in [0.5, 0.6) is 11.5 Å². The third-order valence-electron chi connectivity index (χ3n) is 6.42. The van der Waals surface area contributed by atoms with Crippen LogP contribution in [0.4, 0.5) is 5.69 Å². The summed E-state index contributed by atoms with van der Waals surface area (Å²) in [5, 5.41) is 3.44. The van der Waals surface area contributed by atoms with Crippen LogP contribution >= 0.6 is 23.2 Å². The fraction of sp³-hybridized carbons (Fsp3) is 0.310. The molecule has 0 aliphatic rings. The average Bonchev–Trinajstić information content (AvgIpc) is 2.95. The molecule has 0 saturated heterocycles. The second-order valence-electron chi connectivity index (χ2n) is 9.19. The number of methoxy groups -OCH3 is 2. The van der Waals surface area contributed by atoms with Crippen LogP contribution in [0.25, 0.3) is 0 Å². The van der Waals surface area contributed by atoms with Gasteiger partial charge >= 0.3 is 0 Å². The number of carbonyl (C=O) groups excluding carboxylic acids is 2. The summed E-state index contributed by atoms with van der Waals surface area (Å²) >= 11 is 12.4. The average molecular weight is 623 g/mol. The summed E-state index contributed by atoms with van der Waals surface area (Å²) in [6, 6.07) is 14.8. The highest BCUT2D eigenvalue weighted by atomic mass is 35.5. The van der Waals surface area contributed by atoms with Crippen molar-refractivity contribution in [2.75, 3.05) is 31.6 Å². The zero-order valence-corrected chi connectivity index (χ0v) is 25.8. The Morgan fingerprint density at radius 1 is 0.951 bits per heavy atom. The van der Waals surface area contributed by atoms with E-state index in [-0.39, 0.29) is 22.9 Å². The molecule has 0 spiro atoms. The van der Waals surface area contributed by atoms with Crippen molar-refractivity contribution in [3.8, 4) is 11.5 Å². The fourth-order valence-corrected chi connectivity index (χ4v) is 5.98. The number of hydrogen-bond acceptors (Lipinski definition) is 6. The highest BCUT2D eigenvalue weighted by Crippen LogP contribution is 2.32. The van der Waals surface area contributed by atoms with Crippen molar-refractivity contribution in [2.24, 2.45) is 0 Å². The van der Waals surface area contributed by atoms with E-state index in [1.54, 1.807) is 50.2 Å². The van der Waals surface area contributed by atoms with Gasteiger partial charge in [-0.1, -0.05) is 47.0 Å². The van der Waals surface area contributed by atoms with Gasteiger partial charge in [0, 0.05) is 29.2 Å². The Hall–Kier alpha value is -3.47. The molecule has 3 rings (SSSR count). The van der Waals surface area contributed by atoms with E-state index < -0.39 is 34.4 Å². The van der Waals surface area contributed by atoms with Crippen LogP contribution in [0.1, 0.15) is 25.0 Å². The Labute approximate surface area is 251 Å². The summed E-state index contributed by atoms with van der Waals surface area (Å²) in [6.07, 6.45) is 0. The first-order valence-corrected chi connectivity index (χ1v) is 14.9. The van der Waals surface area contributed by atoms with E-state index in [0.717, 1.165) is 9.87 Å². The van der Waals surface area contributed by atoms with E-state index in [4.69, 9.17) is 32.7 Å². The predicted molar refractivity (Wildman–Crippen MR) is 160 cm³/mol. The van der Waals surface area contributed by atoms with Crippen molar-refractivity contribution < 1.29 is 27.5 Å². The molecule has 41 heavy (non-hydrogen) atoms. The minimum Gasteiger partial charge on any atom is -0.493 e. The molecular weight excluding hydrogens is 589 g/mol. The van der Waals surface area contributed by atoms with Crippen LogP contribution in [0.3, 0.4) is 0 Å². The molecule has 0 radical (unpaired) electrons. The molecule has 0 aliphatic carbocycles. The molecule has 1 N–H and O–H groups in total. The summed E-state index contributed by atoms with van der Waals surface area (Å²) in [5.74, 6) is -0.436. The van der Waals surface area contributed by atoms with Crippen molar-refractivity contribution in [1.82, 2.24) is 10.2 Å². The van der Waals surface area contributed by atoms with Crippen molar-refractivity contribution in [3.63, 3.8) is 0 Å². The molecule has 9 nitrogen and oxygen atoms in total. The quantitative estimate of drug-likeness (QED) is 0.303. The van der Waals surface area contributed by atoms with Crippen molar-refractivity contribution in [3.05, 3.63) is 81.8 Å². The maximum Gasteiger partial charge on any atom is 0.264 e. The molecule has 220 valence electrons. The van der Waals surface area contributed by atoms with E-state index in [1.165, 1.54) is 43.4 Å².